The van der Waals surface area contributed by atoms with Gasteiger partial charge in [-0.15, -0.1) is 0 Å². The van der Waals surface area contributed by atoms with E-state index >= 15 is 0 Å². The van der Waals surface area contributed by atoms with Gasteiger partial charge in [-0.1, -0.05) is 0 Å². The highest BCUT2D eigenvalue weighted by Crippen LogP contribution is 2.30. The molecule has 0 N–H and O–H groups in total. The van der Waals surface area contributed by atoms with E-state index in [4.69, 9.17) is 4.74 Å². The van der Waals surface area contributed by atoms with Crippen LogP contribution in [0.5, 0.6) is 5.88 Å². The molecule has 1 fully saturated rings. The minimum Gasteiger partial charge on any atom is -0.476 e. The van der Waals surface area contributed by atoms with Gasteiger partial charge >= 0.3 is 0 Å². The lowest BCUT2D eigenvalue weighted by molar-refractivity contribution is 0.291. The van der Waals surface area contributed by atoms with Crippen LogP contribution in [0.3, 0.4) is 0 Å². The minimum atomic E-state index is 0.649. The molecular weight excluding hydrogens is 254 g/mol. The smallest absolute Gasteiger partial charge is 0.240 e. The van der Waals surface area contributed by atoms with Crippen molar-refractivity contribution in [3.05, 3.63) is 30.9 Å². The molecule has 0 aromatic carbocycles. The Morgan fingerprint density at radius 2 is 2.20 bits per heavy atom. The van der Waals surface area contributed by atoms with Gasteiger partial charge in [-0.2, -0.15) is 10.2 Å². The standard InChI is InChI=1S/C14H15N5O/c1-18-7-11(6-16-18)12-8-19-13(4-5-15-19)14(17-12)20-9-10-2-3-10/h4-8,10H,2-3,9H2,1H3. The molecule has 0 bridgehead atoms. The minimum absolute atomic E-state index is 0.649. The van der Waals surface area contributed by atoms with Gasteiger partial charge in [-0.25, -0.2) is 9.50 Å². The van der Waals surface area contributed by atoms with E-state index in [2.05, 4.69) is 15.2 Å². The molecule has 3 aromatic rings. The number of aromatic nitrogens is 5. The zero-order valence-electron chi connectivity index (χ0n) is 11.2. The average Bonchev–Trinajstić information content (AvgIpc) is 2.96. The van der Waals surface area contributed by atoms with Gasteiger partial charge in [0.25, 0.3) is 0 Å². The second kappa shape index (κ2) is 4.33. The fraction of sp³-hybridized carbons (Fsp3) is 0.357. The van der Waals surface area contributed by atoms with E-state index in [0.717, 1.165) is 23.4 Å². The van der Waals surface area contributed by atoms with E-state index in [0.29, 0.717) is 11.8 Å². The maximum absolute atomic E-state index is 5.87. The Balaban J connectivity index is 1.76. The molecule has 3 aromatic heterocycles. The summed E-state index contributed by atoms with van der Waals surface area (Å²) in [4.78, 5) is 4.62. The molecule has 102 valence electrons. The van der Waals surface area contributed by atoms with Crippen molar-refractivity contribution in [1.29, 1.82) is 0 Å². The molecule has 0 radical (unpaired) electrons. The maximum Gasteiger partial charge on any atom is 0.240 e. The zero-order valence-corrected chi connectivity index (χ0v) is 11.2. The van der Waals surface area contributed by atoms with Crippen LogP contribution in [0, 0.1) is 5.92 Å². The predicted molar refractivity (Wildman–Crippen MR) is 73.4 cm³/mol. The van der Waals surface area contributed by atoms with Crippen molar-refractivity contribution in [3.63, 3.8) is 0 Å². The fourth-order valence-electron chi connectivity index (χ4n) is 2.18. The lowest BCUT2D eigenvalue weighted by atomic mass is 10.2. The van der Waals surface area contributed by atoms with Gasteiger partial charge in [0.05, 0.1) is 30.9 Å². The first-order valence-corrected chi connectivity index (χ1v) is 6.76. The van der Waals surface area contributed by atoms with Crippen LogP contribution in [0.1, 0.15) is 12.8 Å². The third kappa shape index (κ3) is 2.03. The Bertz CT molecular complexity index is 756. The molecule has 1 saturated carbocycles. The second-order valence-electron chi connectivity index (χ2n) is 5.25. The Hall–Kier alpha value is -2.37. The van der Waals surface area contributed by atoms with Gasteiger partial charge in [0, 0.05) is 18.8 Å². The van der Waals surface area contributed by atoms with Gasteiger partial charge in [-0.05, 0) is 24.8 Å². The molecule has 0 spiro atoms. The molecule has 0 amide bonds. The maximum atomic E-state index is 5.87. The number of hydrogen-bond acceptors (Lipinski definition) is 4. The lowest BCUT2D eigenvalue weighted by Gasteiger charge is -2.08. The van der Waals surface area contributed by atoms with Crippen LogP contribution in [-0.4, -0.2) is 31.0 Å². The van der Waals surface area contributed by atoms with Gasteiger partial charge in [0.2, 0.25) is 5.88 Å². The normalized spacial score (nSPS) is 14.8. The summed E-state index contributed by atoms with van der Waals surface area (Å²) in [6, 6.07) is 1.92. The van der Waals surface area contributed by atoms with Crippen molar-refractivity contribution < 1.29 is 4.74 Å². The van der Waals surface area contributed by atoms with Crippen LogP contribution in [0.4, 0.5) is 0 Å². The largest absolute Gasteiger partial charge is 0.476 e. The topological polar surface area (TPSA) is 57.2 Å². The molecule has 1 aliphatic rings. The highest BCUT2D eigenvalue weighted by molar-refractivity contribution is 5.63. The van der Waals surface area contributed by atoms with E-state index in [1.54, 1.807) is 21.6 Å². The first kappa shape index (κ1) is 11.5. The lowest BCUT2D eigenvalue weighted by Crippen LogP contribution is -2.04. The number of ether oxygens (including phenoxy) is 1. The summed E-state index contributed by atoms with van der Waals surface area (Å²) in [6.45, 7) is 0.740. The van der Waals surface area contributed by atoms with Crippen molar-refractivity contribution in [2.75, 3.05) is 6.61 Å². The summed E-state index contributed by atoms with van der Waals surface area (Å²) >= 11 is 0. The zero-order chi connectivity index (χ0) is 13.5. The number of fused-ring (bicyclic) bond motifs is 1. The van der Waals surface area contributed by atoms with Crippen molar-refractivity contribution in [1.82, 2.24) is 24.4 Å². The summed E-state index contributed by atoms with van der Waals surface area (Å²) in [5.74, 6) is 1.34. The molecule has 0 unspecified atom stereocenters. The quantitative estimate of drug-likeness (QED) is 0.726. The second-order valence-corrected chi connectivity index (χ2v) is 5.25. The molecule has 0 atom stereocenters. The van der Waals surface area contributed by atoms with E-state index in [1.807, 2.05) is 25.5 Å². The summed E-state index contributed by atoms with van der Waals surface area (Å²) in [6.07, 6.45) is 9.91. The third-order valence-corrected chi connectivity index (χ3v) is 3.51. The summed E-state index contributed by atoms with van der Waals surface area (Å²) in [7, 11) is 1.89. The number of nitrogens with zero attached hydrogens (tertiary/aromatic N) is 5. The van der Waals surface area contributed by atoms with E-state index < -0.39 is 0 Å². The predicted octanol–water partition coefficient (Wildman–Crippen LogP) is 1.92. The number of rotatable bonds is 4. The van der Waals surface area contributed by atoms with Crippen molar-refractivity contribution in [3.8, 4) is 17.1 Å². The molecule has 20 heavy (non-hydrogen) atoms. The monoisotopic (exact) mass is 269 g/mol. The fourth-order valence-corrected chi connectivity index (χ4v) is 2.18. The van der Waals surface area contributed by atoms with Crippen LogP contribution in [0.2, 0.25) is 0 Å². The van der Waals surface area contributed by atoms with Crippen LogP contribution in [0.15, 0.2) is 30.9 Å². The summed E-state index contributed by atoms with van der Waals surface area (Å²) in [5.41, 5.74) is 2.68. The Morgan fingerprint density at radius 1 is 1.30 bits per heavy atom. The first-order chi connectivity index (χ1) is 9.79. The molecule has 4 rings (SSSR count). The first-order valence-electron chi connectivity index (χ1n) is 6.76. The highest BCUT2D eigenvalue weighted by atomic mass is 16.5. The van der Waals surface area contributed by atoms with Crippen LogP contribution in [0.25, 0.3) is 16.8 Å². The van der Waals surface area contributed by atoms with Gasteiger partial charge in [0.15, 0.2) is 0 Å². The van der Waals surface area contributed by atoms with Gasteiger partial charge in [0.1, 0.15) is 5.52 Å². The van der Waals surface area contributed by atoms with E-state index in [9.17, 15) is 0 Å². The molecule has 0 aliphatic heterocycles. The highest BCUT2D eigenvalue weighted by Gasteiger charge is 2.23. The van der Waals surface area contributed by atoms with Gasteiger partial charge < -0.3 is 4.74 Å². The van der Waals surface area contributed by atoms with E-state index in [-0.39, 0.29) is 0 Å². The number of hydrogen-bond donors (Lipinski definition) is 0. The van der Waals surface area contributed by atoms with Crippen LogP contribution in [-0.2, 0) is 7.05 Å². The number of aryl methyl sites for hydroxylation is 1. The SMILES string of the molecule is Cn1cc(-c2cn3nccc3c(OCC3CC3)n2)cn1. The molecule has 1 aliphatic carbocycles. The Morgan fingerprint density at radius 3 is 2.95 bits per heavy atom. The Kier molecular flexibility index (Phi) is 2.48. The van der Waals surface area contributed by atoms with Crippen LogP contribution < -0.4 is 4.74 Å². The summed E-state index contributed by atoms with van der Waals surface area (Å²) in [5, 5.41) is 8.47. The van der Waals surface area contributed by atoms with Gasteiger partial charge in [-0.3, -0.25) is 4.68 Å². The van der Waals surface area contributed by atoms with Crippen LogP contribution >= 0.6 is 0 Å². The molecule has 6 nitrogen and oxygen atoms in total. The Labute approximate surface area is 116 Å². The van der Waals surface area contributed by atoms with Crippen molar-refractivity contribution in [2.24, 2.45) is 13.0 Å². The summed E-state index contributed by atoms with van der Waals surface area (Å²) < 4.78 is 9.43. The molecule has 0 saturated heterocycles. The average molecular weight is 269 g/mol. The third-order valence-electron chi connectivity index (χ3n) is 3.51. The van der Waals surface area contributed by atoms with Crippen molar-refractivity contribution >= 4 is 5.52 Å². The van der Waals surface area contributed by atoms with Crippen molar-refractivity contribution in [2.45, 2.75) is 12.8 Å². The van der Waals surface area contributed by atoms with E-state index in [1.165, 1.54) is 12.8 Å². The molecular formula is C14H15N5O. The molecule has 3 heterocycles. The molecule has 6 heteroatoms.